The van der Waals surface area contributed by atoms with Crippen LogP contribution in [-0.4, -0.2) is 62.8 Å². The summed E-state index contributed by atoms with van der Waals surface area (Å²) in [6.07, 6.45) is 5.11. The number of H-pyrrole nitrogens is 1. The van der Waals surface area contributed by atoms with E-state index in [-0.39, 0.29) is 11.1 Å². The molecule has 0 aliphatic heterocycles. The van der Waals surface area contributed by atoms with Gasteiger partial charge < -0.3 is 10.2 Å². The van der Waals surface area contributed by atoms with Gasteiger partial charge in [0.2, 0.25) is 14.2 Å². The summed E-state index contributed by atoms with van der Waals surface area (Å²) in [7, 11) is 0. The number of alkyl halides is 1. The highest BCUT2D eigenvalue weighted by Gasteiger charge is 2.27. The van der Waals surface area contributed by atoms with E-state index in [0.717, 1.165) is 34.4 Å². The fourth-order valence-electron chi connectivity index (χ4n) is 5.66. The monoisotopic (exact) mass is 886 g/mol. The zero-order valence-corrected chi connectivity index (χ0v) is 32.1. The van der Waals surface area contributed by atoms with Crippen molar-refractivity contribution < 1.29 is 19.8 Å². The van der Waals surface area contributed by atoms with Crippen molar-refractivity contribution in [2.24, 2.45) is 0 Å². The minimum Gasteiger partial charge on any atom is -0.481 e. The highest BCUT2D eigenvalue weighted by atomic mass is 79.9. The van der Waals surface area contributed by atoms with Crippen molar-refractivity contribution in [2.75, 3.05) is 11.1 Å². The molecule has 2 aromatic heterocycles. The lowest BCUT2D eigenvalue weighted by molar-refractivity contribution is -0.134. The van der Waals surface area contributed by atoms with Gasteiger partial charge in [0.25, 0.3) is 0 Å². The standard InChI is InChI=1S/C17H14BrN3O2S.C15H12BrN3S.C2H3BrO2/c18-16-19-20-17(24-9-15(22)23)21(16)14-8-7-11(10-5-6-10)12-3-1-2-4-13(12)14;16-14-17-18-15(20)19(14)13-8-7-10(9-5-6-9)11-3-1-2-4-12(11)13;3-1-2(4)5/h1-4,7-8,10H,5-6,9H2,(H,22,23);1-4,7-9H,5-6H2,(H,18,20);1H2,(H,4,5). The van der Waals surface area contributed by atoms with E-state index in [0.29, 0.717) is 25.3 Å². The molecule has 2 fully saturated rings. The lowest BCUT2D eigenvalue weighted by atomic mass is 9.99. The third-order valence-corrected chi connectivity index (χ3v) is 10.8. The van der Waals surface area contributed by atoms with E-state index in [1.165, 1.54) is 53.0 Å². The topological polar surface area (TPSA) is 139 Å². The molecule has 0 amide bonds. The number of rotatable bonds is 8. The summed E-state index contributed by atoms with van der Waals surface area (Å²) in [5.41, 5.74) is 4.86. The zero-order valence-electron chi connectivity index (χ0n) is 25.7. The Labute approximate surface area is 315 Å². The number of nitrogens with one attached hydrogen (secondary N) is 1. The Morgan fingerprint density at radius 1 is 0.755 bits per heavy atom. The third kappa shape index (κ3) is 8.17. The number of fused-ring (bicyclic) bond motifs is 2. The maximum atomic E-state index is 10.9. The zero-order chi connectivity index (χ0) is 34.7. The SMILES string of the molecule is O=C(O)CBr.O=C(O)CSc1nnc(Br)n1-c1ccc(C2CC2)c2ccccc12.S=c1[nH]nc(Br)n1-c1ccc(C2CC2)c2ccccc12. The Kier molecular flexibility index (Phi) is 11.3. The molecule has 0 atom stereocenters. The number of halogens is 3. The fourth-order valence-corrected chi connectivity index (χ4v) is 7.69. The van der Waals surface area contributed by atoms with Crippen LogP contribution in [0.4, 0.5) is 0 Å². The van der Waals surface area contributed by atoms with Crippen LogP contribution in [-0.2, 0) is 9.59 Å². The van der Waals surface area contributed by atoms with Gasteiger partial charge in [0.15, 0.2) is 5.16 Å². The highest BCUT2D eigenvalue weighted by molar-refractivity contribution is 9.10. The molecule has 2 aliphatic carbocycles. The lowest BCUT2D eigenvalue weighted by Crippen LogP contribution is -2.03. The second kappa shape index (κ2) is 15.7. The molecule has 2 heterocycles. The first-order valence-electron chi connectivity index (χ1n) is 15.3. The molecule has 15 heteroatoms. The van der Waals surface area contributed by atoms with E-state index >= 15 is 0 Å². The van der Waals surface area contributed by atoms with Crippen LogP contribution in [0, 0.1) is 4.77 Å². The van der Waals surface area contributed by atoms with E-state index < -0.39 is 11.9 Å². The molecule has 2 saturated carbocycles. The first-order chi connectivity index (χ1) is 23.7. The number of nitrogens with zero attached hydrogens (tertiary/aromatic N) is 5. The van der Waals surface area contributed by atoms with E-state index in [2.05, 4.69) is 135 Å². The summed E-state index contributed by atoms with van der Waals surface area (Å²) >= 11 is 16.1. The largest absolute Gasteiger partial charge is 0.481 e. The minimum absolute atomic E-state index is 0.0347. The molecule has 0 spiro atoms. The van der Waals surface area contributed by atoms with Crippen LogP contribution in [0.15, 0.2) is 87.4 Å². The Morgan fingerprint density at radius 3 is 1.67 bits per heavy atom. The summed E-state index contributed by atoms with van der Waals surface area (Å²) in [5, 5.41) is 37.2. The third-order valence-electron chi connectivity index (χ3n) is 8.05. The summed E-state index contributed by atoms with van der Waals surface area (Å²) < 4.78 is 5.66. The van der Waals surface area contributed by atoms with Gasteiger partial charge in [-0.3, -0.25) is 23.8 Å². The summed E-state index contributed by atoms with van der Waals surface area (Å²) in [4.78, 5) is 20.2. The van der Waals surface area contributed by atoms with Crippen molar-refractivity contribution in [2.45, 2.75) is 42.7 Å². The fraction of sp³-hybridized carbons (Fsp3) is 0.235. The van der Waals surface area contributed by atoms with Crippen molar-refractivity contribution in [3.05, 3.63) is 98.2 Å². The predicted molar refractivity (Wildman–Crippen MR) is 204 cm³/mol. The van der Waals surface area contributed by atoms with E-state index in [1.807, 2.05) is 15.2 Å². The van der Waals surface area contributed by atoms with Crippen molar-refractivity contribution in [3.8, 4) is 11.4 Å². The second-order valence-electron chi connectivity index (χ2n) is 11.4. The number of thioether (sulfide) groups is 1. The Bertz CT molecular complexity index is 2230. The van der Waals surface area contributed by atoms with E-state index in [1.54, 1.807) is 0 Å². The molecule has 6 aromatic rings. The van der Waals surface area contributed by atoms with Gasteiger partial charge in [0.1, 0.15) is 5.33 Å². The second-order valence-corrected chi connectivity index (χ2v) is 14.7. The van der Waals surface area contributed by atoms with Crippen LogP contribution in [0.25, 0.3) is 32.9 Å². The van der Waals surface area contributed by atoms with Crippen LogP contribution in [0.5, 0.6) is 0 Å². The van der Waals surface area contributed by atoms with Crippen molar-refractivity contribution in [3.63, 3.8) is 0 Å². The number of aromatic amines is 1. The number of carboxylic acids is 2. The van der Waals surface area contributed by atoms with Gasteiger partial charge in [-0.15, -0.1) is 15.3 Å². The molecule has 0 bridgehead atoms. The number of hydrogen-bond acceptors (Lipinski definition) is 7. The average molecular weight is 889 g/mol. The Hall–Kier alpha value is -3.37. The molecule has 4 aromatic carbocycles. The molecular formula is C34H29Br3N6O4S2. The quantitative estimate of drug-likeness (QED) is 0.0775. The number of aliphatic carboxylic acids is 2. The molecule has 10 nitrogen and oxygen atoms in total. The first kappa shape index (κ1) is 35.5. The number of aromatic nitrogens is 6. The average Bonchev–Trinajstić information content (AvgIpc) is 4.05. The summed E-state index contributed by atoms with van der Waals surface area (Å²) in [6, 6.07) is 25.5. The van der Waals surface area contributed by atoms with Gasteiger partial charge in [-0.2, -0.15) is 0 Å². The van der Waals surface area contributed by atoms with Gasteiger partial charge in [0, 0.05) is 10.8 Å². The van der Waals surface area contributed by atoms with Gasteiger partial charge >= 0.3 is 11.9 Å². The number of hydrogen-bond donors (Lipinski definition) is 3. The van der Waals surface area contributed by atoms with Crippen LogP contribution >= 0.6 is 71.8 Å². The van der Waals surface area contributed by atoms with Crippen LogP contribution in [0.1, 0.15) is 48.6 Å². The van der Waals surface area contributed by atoms with Crippen molar-refractivity contribution in [1.29, 1.82) is 0 Å². The van der Waals surface area contributed by atoms with Gasteiger partial charge in [-0.05, 0) is 116 Å². The molecule has 0 radical (unpaired) electrons. The predicted octanol–water partition coefficient (Wildman–Crippen LogP) is 9.43. The molecule has 252 valence electrons. The number of carboxylic acid groups (broad SMARTS) is 2. The molecule has 3 N–H and O–H groups in total. The highest BCUT2D eigenvalue weighted by Crippen LogP contribution is 2.45. The smallest absolute Gasteiger partial charge is 0.314 e. The molecular weight excluding hydrogens is 860 g/mol. The number of benzene rings is 4. The maximum absolute atomic E-state index is 10.9. The summed E-state index contributed by atoms with van der Waals surface area (Å²) in [6.45, 7) is 0. The van der Waals surface area contributed by atoms with E-state index in [9.17, 15) is 9.59 Å². The molecule has 2 aliphatic rings. The van der Waals surface area contributed by atoms with Crippen LogP contribution in [0.2, 0.25) is 0 Å². The van der Waals surface area contributed by atoms with Gasteiger partial charge in [-0.1, -0.05) is 88.4 Å². The molecule has 0 saturated heterocycles. The van der Waals surface area contributed by atoms with Crippen molar-refractivity contribution >= 4 is 105 Å². The Balaban J connectivity index is 0.000000152. The van der Waals surface area contributed by atoms with E-state index in [4.69, 9.17) is 22.4 Å². The first-order valence-corrected chi connectivity index (χ1v) is 19.4. The molecule has 0 unspecified atom stereocenters. The molecule has 8 rings (SSSR count). The molecule has 49 heavy (non-hydrogen) atoms. The normalized spacial score (nSPS) is 13.8. The van der Waals surface area contributed by atoms with Crippen LogP contribution < -0.4 is 0 Å². The van der Waals surface area contributed by atoms with Crippen LogP contribution in [0.3, 0.4) is 0 Å². The maximum Gasteiger partial charge on any atom is 0.314 e. The number of carbonyl (C=O) groups is 2. The summed E-state index contributed by atoms with van der Waals surface area (Å²) in [5.74, 6) is -0.364. The Morgan fingerprint density at radius 2 is 1.24 bits per heavy atom. The minimum atomic E-state index is -0.875. The van der Waals surface area contributed by atoms with Gasteiger partial charge in [-0.25, -0.2) is 0 Å². The lowest BCUT2D eigenvalue weighted by Gasteiger charge is -2.13. The van der Waals surface area contributed by atoms with Crippen molar-refractivity contribution in [1.82, 2.24) is 29.5 Å². The van der Waals surface area contributed by atoms with Gasteiger partial charge in [0.05, 0.1) is 17.1 Å².